The van der Waals surface area contributed by atoms with Gasteiger partial charge in [0.1, 0.15) is 27.2 Å². The first kappa shape index (κ1) is 34.4. The van der Waals surface area contributed by atoms with Crippen LogP contribution in [0.4, 0.5) is 0 Å². The van der Waals surface area contributed by atoms with Crippen molar-refractivity contribution in [1.82, 2.24) is 0 Å². The van der Waals surface area contributed by atoms with Gasteiger partial charge in [-0.15, -0.1) is 11.8 Å². The molecule has 0 amide bonds. The van der Waals surface area contributed by atoms with Crippen molar-refractivity contribution >= 4 is 72.8 Å². The van der Waals surface area contributed by atoms with Gasteiger partial charge in [-0.25, -0.2) is 0 Å². The van der Waals surface area contributed by atoms with Crippen molar-refractivity contribution in [2.75, 3.05) is 44.2 Å². The molecule has 0 heterocycles. The number of hydrogen-bond acceptors (Lipinski definition) is 10. The predicted octanol–water partition coefficient (Wildman–Crippen LogP) is 7.41. The fourth-order valence-corrected chi connectivity index (χ4v) is 7.46. The number of rotatable bonds is 21. The minimum absolute atomic E-state index is 0.256. The molecule has 0 rings (SSSR count). The molecule has 0 fully saturated rings. The van der Waals surface area contributed by atoms with Crippen LogP contribution in [0.1, 0.15) is 79.1 Å². The van der Waals surface area contributed by atoms with E-state index in [1.807, 2.05) is 13.8 Å². The monoisotopic (exact) mass is 572 g/mol. The predicted molar refractivity (Wildman–Crippen MR) is 157 cm³/mol. The second-order valence-electron chi connectivity index (χ2n) is 8.62. The highest BCUT2D eigenvalue weighted by Crippen LogP contribution is 2.33. The quantitative estimate of drug-likeness (QED) is 0.0601. The number of hydrogen-bond donors (Lipinski definition) is 0. The molecule has 1 unspecified atom stereocenters. The van der Waals surface area contributed by atoms with Crippen LogP contribution in [0.3, 0.4) is 0 Å². The molecule has 0 saturated carbocycles. The molecule has 0 N–H and O–H groups in total. The average molecular weight is 573 g/mol. The average Bonchev–Trinajstić information content (AvgIpc) is 2.79. The Balaban J connectivity index is 3.88. The molecule has 0 aliphatic rings. The van der Waals surface area contributed by atoms with Crippen LogP contribution in [0.25, 0.3) is 0 Å². The van der Waals surface area contributed by atoms with Crippen molar-refractivity contribution in [1.29, 1.82) is 0 Å². The van der Waals surface area contributed by atoms with E-state index >= 15 is 0 Å². The second-order valence-corrected chi connectivity index (χ2v) is 15.1. The van der Waals surface area contributed by atoms with E-state index in [-0.39, 0.29) is 24.3 Å². The normalized spacial score (nSPS) is 12.4. The SMILES string of the molecule is CCCCCCCCCC(C)CSC(=S)SC(C)(C)C(=O)OCCSSCC(=O)OCCOC. The van der Waals surface area contributed by atoms with Crippen LogP contribution in [0, 0.1) is 5.92 Å². The van der Waals surface area contributed by atoms with Gasteiger partial charge in [0.05, 0.1) is 6.61 Å². The molecule has 5 nitrogen and oxygen atoms in total. The van der Waals surface area contributed by atoms with E-state index in [0.717, 1.165) is 9.28 Å². The lowest BCUT2D eigenvalue weighted by Gasteiger charge is -2.22. The lowest BCUT2D eigenvalue weighted by atomic mass is 10.0. The Hall–Kier alpha value is 0.390. The molecule has 0 aromatic carbocycles. The van der Waals surface area contributed by atoms with Crippen molar-refractivity contribution in [3.05, 3.63) is 0 Å². The van der Waals surface area contributed by atoms with Crippen LogP contribution in [0.5, 0.6) is 0 Å². The minimum atomic E-state index is -0.714. The third-order valence-electron chi connectivity index (χ3n) is 4.83. The van der Waals surface area contributed by atoms with E-state index in [4.69, 9.17) is 26.4 Å². The van der Waals surface area contributed by atoms with Gasteiger partial charge in [0.25, 0.3) is 0 Å². The minimum Gasteiger partial charge on any atom is -0.464 e. The first-order valence-electron chi connectivity index (χ1n) is 12.1. The maximum atomic E-state index is 12.5. The highest BCUT2D eigenvalue weighted by molar-refractivity contribution is 8.76. The maximum Gasteiger partial charge on any atom is 0.322 e. The molecule has 1 atom stereocenters. The van der Waals surface area contributed by atoms with Gasteiger partial charge in [-0.05, 0) is 26.2 Å². The molecule has 0 aliphatic heterocycles. The van der Waals surface area contributed by atoms with Gasteiger partial charge >= 0.3 is 11.9 Å². The number of ether oxygens (including phenoxy) is 3. The second kappa shape index (κ2) is 22.6. The van der Waals surface area contributed by atoms with Crippen LogP contribution in [0.15, 0.2) is 0 Å². The molecule has 200 valence electrons. The summed E-state index contributed by atoms with van der Waals surface area (Å²) in [5.74, 6) is 1.95. The largest absolute Gasteiger partial charge is 0.464 e. The topological polar surface area (TPSA) is 61.8 Å². The van der Waals surface area contributed by atoms with Crippen LogP contribution >= 0.6 is 57.3 Å². The number of thiocarbonyl (C=S) groups is 1. The smallest absolute Gasteiger partial charge is 0.322 e. The van der Waals surface area contributed by atoms with Gasteiger partial charge < -0.3 is 14.2 Å². The molecular weight excluding hydrogens is 529 g/mol. The van der Waals surface area contributed by atoms with Crippen LogP contribution in [-0.2, 0) is 23.8 Å². The molecule has 0 bridgehead atoms. The van der Waals surface area contributed by atoms with Gasteiger partial charge in [-0.2, -0.15) is 0 Å². The number of esters is 2. The zero-order valence-corrected chi connectivity index (χ0v) is 25.6. The third kappa shape index (κ3) is 20.6. The first-order valence-corrected chi connectivity index (χ1v) is 16.8. The number of methoxy groups -OCH3 is 1. The first-order chi connectivity index (χ1) is 16.2. The van der Waals surface area contributed by atoms with Crippen molar-refractivity contribution in [2.45, 2.75) is 83.8 Å². The highest BCUT2D eigenvalue weighted by Gasteiger charge is 2.32. The zero-order chi connectivity index (χ0) is 25.7. The highest BCUT2D eigenvalue weighted by atomic mass is 33.1. The number of carbonyl (C=O) groups is 2. The van der Waals surface area contributed by atoms with Gasteiger partial charge in [0, 0.05) is 18.6 Å². The van der Waals surface area contributed by atoms with Crippen molar-refractivity contribution in [2.24, 2.45) is 5.92 Å². The van der Waals surface area contributed by atoms with Crippen molar-refractivity contribution < 1.29 is 23.8 Å². The fourth-order valence-electron chi connectivity index (χ4n) is 2.79. The Kier molecular flexibility index (Phi) is 22.8. The van der Waals surface area contributed by atoms with Gasteiger partial charge in [0.15, 0.2) is 0 Å². The summed E-state index contributed by atoms with van der Waals surface area (Å²) >= 11 is 8.61. The molecule has 0 aromatic rings. The van der Waals surface area contributed by atoms with Crippen LogP contribution in [0.2, 0.25) is 0 Å². The van der Waals surface area contributed by atoms with E-state index in [1.54, 1.807) is 18.9 Å². The molecule has 0 spiro atoms. The summed E-state index contributed by atoms with van der Waals surface area (Å²) in [4.78, 5) is 24.0. The van der Waals surface area contributed by atoms with E-state index in [0.29, 0.717) is 24.9 Å². The Bertz CT molecular complexity index is 560. The summed E-state index contributed by atoms with van der Waals surface area (Å²) in [5, 5.41) is 0. The van der Waals surface area contributed by atoms with Gasteiger partial charge in [-0.3, -0.25) is 9.59 Å². The molecule has 34 heavy (non-hydrogen) atoms. The van der Waals surface area contributed by atoms with E-state index in [9.17, 15) is 9.59 Å². The van der Waals surface area contributed by atoms with E-state index < -0.39 is 4.75 Å². The third-order valence-corrected chi connectivity index (χ3v) is 10.1. The summed E-state index contributed by atoms with van der Waals surface area (Å²) in [6, 6.07) is 0. The molecule has 0 aromatic heterocycles. The number of unbranched alkanes of at least 4 members (excludes halogenated alkanes) is 6. The lowest BCUT2D eigenvalue weighted by molar-refractivity contribution is -0.145. The number of thioether (sulfide) groups is 2. The summed E-state index contributed by atoms with van der Waals surface area (Å²) in [7, 11) is 4.43. The van der Waals surface area contributed by atoms with Gasteiger partial charge in [0.2, 0.25) is 0 Å². The molecule has 0 aliphatic carbocycles. The van der Waals surface area contributed by atoms with Crippen LogP contribution < -0.4 is 0 Å². The standard InChI is InChI=1S/C24H44O5S5/c1-6-7-8-9-10-11-12-13-20(2)18-31-23(30)34-24(3,4)22(26)29-16-17-32-33-19-21(25)28-15-14-27-5/h20H,6-19H2,1-5H3. The fraction of sp³-hybridized carbons (Fsp3) is 0.875. The molecule has 0 saturated heterocycles. The Morgan fingerprint density at radius 1 is 0.941 bits per heavy atom. The number of carbonyl (C=O) groups excluding carboxylic acids is 2. The van der Waals surface area contributed by atoms with Crippen LogP contribution in [-0.4, -0.2) is 64.4 Å². The van der Waals surface area contributed by atoms with Gasteiger partial charge in [-0.1, -0.05) is 104 Å². The lowest BCUT2D eigenvalue weighted by Crippen LogP contribution is -2.31. The molecule has 10 heteroatoms. The van der Waals surface area contributed by atoms with E-state index in [1.165, 1.54) is 84.7 Å². The molecular formula is C24H44O5S5. The Morgan fingerprint density at radius 2 is 1.62 bits per heavy atom. The summed E-state index contributed by atoms with van der Waals surface area (Å²) < 4.78 is 15.3. The summed E-state index contributed by atoms with van der Waals surface area (Å²) in [5.41, 5.74) is 0. The maximum absolute atomic E-state index is 12.5. The zero-order valence-electron chi connectivity index (χ0n) is 21.6. The Labute approximate surface area is 229 Å². The van der Waals surface area contributed by atoms with E-state index in [2.05, 4.69) is 13.8 Å². The molecule has 0 radical (unpaired) electrons. The van der Waals surface area contributed by atoms with Crippen molar-refractivity contribution in [3.8, 4) is 0 Å². The summed E-state index contributed by atoms with van der Waals surface area (Å²) in [6.45, 7) is 9.21. The summed E-state index contributed by atoms with van der Waals surface area (Å²) in [6.07, 6.45) is 10.6. The Morgan fingerprint density at radius 3 is 2.29 bits per heavy atom. The van der Waals surface area contributed by atoms with Crippen molar-refractivity contribution in [3.63, 3.8) is 0 Å².